The van der Waals surface area contributed by atoms with Gasteiger partial charge in [0.15, 0.2) is 0 Å². The predicted molar refractivity (Wildman–Crippen MR) is 329 cm³/mol. The zero-order valence-corrected chi connectivity index (χ0v) is 51.3. The van der Waals surface area contributed by atoms with Gasteiger partial charge in [-0.3, -0.25) is 9.59 Å². The second-order valence-corrected chi connectivity index (χ2v) is 24.2. The maximum Gasteiger partial charge on any atom is 0.305 e. The lowest BCUT2D eigenvalue weighted by molar-refractivity contribution is -0.143. The molecule has 448 valence electrons. The van der Waals surface area contributed by atoms with Gasteiger partial charge in [0.2, 0.25) is 5.91 Å². The standard InChI is InChI=1S/C69H137NO5/c1-3-5-7-9-11-13-15-16-17-36-39-43-47-51-55-59-63-69(74)75-64-60-56-52-48-44-40-37-34-32-30-28-26-24-22-20-18-19-21-23-25-27-29-31-33-35-38-42-46-50-54-58-62-68(73)70-66(65-71)67(72)61-57-53-49-45-41-14-12-10-8-6-4-2/h66-67,71-72H,3-65H2,1-2H3,(H,70,73). The van der Waals surface area contributed by atoms with Crippen LogP contribution in [-0.4, -0.2) is 47.4 Å². The van der Waals surface area contributed by atoms with Gasteiger partial charge >= 0.3 is 5.97 Å². The van der Waals surface area contributed by atoms with E-state index in [9.17, 15) is 19.8 Å². The Kier molecular flexibility index (Phi) is 64.4. The Balaban J connectivity index is 3.28. The number of carbonyl (C=O) groups excluding carboxylic acids is 2. The number of aliphatic hydroxyl groups is 2. The second-order valence-electron chi connectivity index (χ2n) is 24.2. The van der Waals surface area contributed by atoms with Crippen molar-refractivity contribution >= 4 is 11.9 Å². The smallest absolute Gasteiger partial charge is 0.305 e. The molecule has 0 radical (unpaired) electrons. The number of esters is 1. The van der Waals surface area contributed by atoms with E-state index in [1.54, 1.807) is 0 Å². The lowest BCUT2D eigenvalue weighted by Gasteiger charge is -2.22. The molecule has 6 heteroatoms. The van der Waals surface area contributed by atoms with E-state index < -0.39 is 12.1 Å². The summed E-state index contributed by atoms with van der Waals surface area (Å²) in [6, 6.07) is -0.535. The molecule has 0 aromatic carbocycles. The summed E-state index contributed by atoms with van der Waals surface area (Å²) < 4.78 is 5.51. The quantitative estimate of drug-likeness (QED) is 0.0417. The fourth-order valence-corrected chi connectivity index (χ4v) is 11.4. The first-order chi connectivity index (χ1) is 37.0. The van der Waals surface area contributed by atoms with Crippen LogP contribution in [0.1, 0.15) is 406 Å². The number of amides is 1. The molecule has 0 aliphatic carbocycles. The van der Waals surface area contributed by atoms with E-state index in [1.165, 1.54) is 334 Å². The van der Waals surface area contributed by atoms with E-state index in [2.05, 4.69) is 19.2 Å². The fraction of sp³-hybridized carbons (Fsp3) is 0.971. The number of carbonyl (C=O) groups is 2. The topological polar surface area (TPSA) is 95.9 Å². The molecule has 0 fully saturated rings. The number of hydrogen-bond acceptors (Lipinski definition) is 5. The molecular weight excluding hydrogens is 923 g/mol. The molecule has 1 amide bonds. The summed E-state index contributed by atoms with van der Waals surface area (Å²) in [6.07, 6.45) is 78.8. The van der Waals surface area contributed by atoms with E-state index in [4.69, 9.17) is 4.74 Å². The van der Waals surface area contributed by atoms with Crippen LogP contribution in [0.5, 0.6) is 0 Å². The van der Waals surface area contributed by atoms with Crippen LogP contribution in [0.4, 0.5) is 0 Å². The molecule has 0 saturated carbocycles. The highest BCUT2D eigenvalue weighted by Gasteiger charge is 2.20. The van der Waals surface area contributed by atoms with Gasteiger partial charge in [0, 0.05) is 12.8 Å². The number of aliphatic hydroxyl groups excluding tert-OH is 2. The Labute approximate surface area is 470 Å². The highest BCUT2D eigenvalue weighted by Crippen LogP contribution is 2.19. The van der Waals surface area contributed by atoms with Gasteiger partial charge < -0.3 is 20.3 Å². The average Bonchev–Trinajstić information content (AvgIpc) is 3.41. The van der Waals surface area contributed by atoms with Crippen LogP contribution in [0.2, 0.25) is 0 Å². The van der Waals surface area contributed by atoms with E-state index >= 15 is 0 Å². The molecule has 0 aromatic heterocycles. The van der Waals surface area contributed by atoms with Gasteiger partial charge in [-0.2, -0.15) is 0 Å². The van der Waals surface area contributed by atoms with Crippen molar-refractivity contribution in [3.05, 3.63) is 0 Å². The molecule has 0 saturated heterocycles. The summed E-state index contributed by atoms with van der Waals surface area (Å²) in [4.78, 5) is 24.5. The first-order valence-electron chi connectivity index (χ1n) is 34.8. The third kappa shape index (κ3) is 61.9. The van der Waals surface area contributed by atoms with Crippen LogP contribution in [0.25, 0.3) is 0 Å². The normalized spacial score (nSPS) is 12.4. The van der Waals surface area contributed by atoms with Crippen molar-refractivity contribution in [2.24, 2.45) is 0 Å². The van der Waals surface area contributed by atoms with Gasteiger partial charge in [0.25, 0.3) is 0 Å². The van der Waals surface area contributed by atoms with E-state index in [0.717, 1.165) is 38.5 Å². The SMILES string of the molecule is CCCCCCCCCCCCCCCCCCC(=O)OCCCCCCCCCCCCCCCCCCCCCCCCCCCCCCCCCC(=O)NC(CO)C(O)CCCCCCCCCCCCC. The van der Waals surface area contributed by atoms with Gasteiger partial charge in [0.1, 0.15) is 0 Å². The first-order valence-corrected chi connectivity index (χ1v) is 34.8. The molecule has 0 aromatic rings. The van der Waals surface area contributed by atoms with Crippen molar-refractivity contribution in [3.63, 3.8) is 0 Å². The van der Waals surface area contributed by atoms with E-state index in [-0.39, 0.29) is 18.5 Å². The Morgan fingerprint density at radius 3 is 0.813 bits per heavy atom. The second kappa shape index (κ2) is 65.4. The molecule has 0 heterocycles. The van der Waals surface area contributed by atoms with Crippen LogP contribution >= 0.6 is 0 Å². The Bertz CT molecular complexity index is 1080. The van der Waals surface area contributed by atoms with Crippen LogP contribution in [0.15, 0.2) is 0 Å². The molecule has 0 aliphatic rings. The number of nitrogens with one attached hydrogen (secondary N) is 1. The highest BCUT2D eigenvalue weighted by molar-refractivity contribution is 5.76. The fourth-order valence-electron chi connectivity index (χ4n) is 11.4. The minimum Gasteiger partial charge on any atom is -0.466 e. The van der Waals surface area contributed by atoms with Crippen molar-refractivity contribution in [2.45, 2.75) is 418 Å². The van der Waals surface area contributed by atoms with Crippen molar-refractivity contribution in [3.8, 4) is 0 Å². The maximum atomic E-state index is 12.5. The van der Waals surface area contributed by atoms with Crippen LogP contribution < -0.4 is 5.32 Å². The largest absolute Gasteiger partial charge is 0.466 e. The average molecular weight is 1060 g/mol. The van der Waals surface area contributed by atoms with Crippen LogP contribution in [0.3, 0.4) is 0 Å². The van der Waals surface area contributed by atoms with Crippen molar-refractivity contribution in [1.29, 1.82) is 0 Å². The Hall–Kier alpha value is -1.14. The predicted octanol–water partition coefficient (Wildman–Crippen LogP) is 22.2. The number of rotatable bonds is 66. The summed E-state index contributed by atoms with van der Waals surface area (Å²) in [6.45, 7) is 4.99. The summed E-state index contributed by atoms with van der Waals surface area (Å²) in [5.74, 6) is -0.00396. The number of hydrogen-bond donors (Lipinski definition) is 3. The molecule has 75 heavy (non-hydrogen) atoms. The maximum absolute atomic E-state index is 12.5. The summed E-state index contributed by atoms with van der Waals surface area (Å²) in [5, 5.41) is 23.2. The molecule has 0 rings (SSSR count). The summed E-state index contributed by atoms with van der Waals surface area (Å²) in [7, 11) is 0. The summed E-state index contributed by atoms with van der Waals surface area (Å²) >= 11 is 0. The number of ether oxygens (including phenoxy) is 1. The molecule has 2 unspecified atom stereocenters. The van der Waals surface area contributed by atoms with Crippen LogP contribution in [-0.2, 0) is 14.3 Å². The lowest BCUT2D eigenvalue weighted by atomic mass is 10.0. The Morgan fingerprint density at radius 1 is 0.320 bits per heavy atom. The third-order valence-corrected chi connectivity index (χ3v) is 16.7. The van der Waals surface area contributed by atoms with Gasteiger partial charge in [-0.25, -0.2) is 0 Å². The molecule has 6 nitrogen and oxygen atoms in total. The van der Waals surface area contributed by atoms with Gasteiger partial charge in [0.05, 0.1) is 25.4 Å². The number of unbranched alkanes of at least 4 members (excludes halogenated alkanes) is 55. The molecule has 0 bridgehead atoms. The minimum absolute atomic E-state index is 0.0252. The van der Waals surface area contributed by atoms with Crippen molar-refractivity contribution < 1.29 is 24.5 Å². The van der Waals surface area contributed by atoms with Gasteiger partial charge in [-0.05, 0) is 25.7 Å². The van der Waals surface area contributed by atoms with Gasteiger partial charge in [-0.15, -0.1) is 0 Å². The molecule has 0 spiro atoms. The molecule has 0 aliphatic heterocycles. The molecule has 2 atom stereocenters. The molecule has 3 N–H and O–H groups in total. The molecular formula is C69H137NO5. The van der Waals surface area contributed by atoms with E-state index in [0.29, 0.717) is 25.9 Å². The van der Waals surface area contributed by atoms with Crippen LogP contribution in [0, 0.1) is 0 Å². The van der Waals surface area contributed by atoms with Gasteiger partial charge in [-0.1, -0.05) is 367 Å². The zero-order valence-electron chi connectivity index (χ0n) is 51.3. The minimum atomic E-state index is -0.658. The monoisotopic (exact) mass is 1060 g/mol. The highest BCUT2D eigenvalue weighted by atomic mass is 16.5. The lowest BCUT2D eigenvalue weighted by Crippen LogP contribution is -2.45. The van der Waals surface area contributed by atoms with Crippen molar-refractivity contribution in [1.82, 2.24) is 5.32 Å². The first kappa shape index (κ1) is 73.9. The summed E-state index contributed by atoms with van der Waals surface area (Å²) in [5.41, 5.74) is 0. The van der Waals surface area contributed by atoms with E-state index in [1.807, 2.05) is 0 Å². The Morgan fingerprint density at radius 2 is 0.547 bits per heavy atom. The van der Waals surface area contributed by atoms with Crippen molar-refractivity contribution in [2.75, 3.05) is 13.2 Å². The zero-order chi connectivity index (χ0) is 54.3. The third-order valence-electron chi connectivity index (χ3n) is 16.7.